The number of fused-ring (bicyclic) bond motifs is 2. The predicted molar refractivity (Wildman–Crippen MR) is 149 cm³/mol. The molecule has 0 N–H and O–H groups in total. The predicted octanol–water partition coefficient (Wildman–Crippen LogP) is 7.25. The van der Waals surface area contributed by atoms with E-state index in [4.69, 9.17) is 14.5 Å². The van der Waals surface area contributed by atoms with E-state index in [-0.39, 0.29) is 11.8 Å². The van der Waals surface area contributed by atoms with Gasteiger partial charge in [-0.1, -0.05) is 76.8 Å². The van der Waals surface area contributed by atoms with Crippen molar-refractivity contribution in [1.29, 1.82) is 0 Å². The van der Waals surface area contributed by atoms with E-state index in [9.17, 15) is 4.79 Å². The van der Waals surface area contributed by atoms with E-state index in [1.165, 1.54) is 63.3 Å². The van der Waals surface area contributed by atoms with Crippen molar-refractivity contribution in [3.8, 4) is 11.5 Å². The smallest absolute Gasteiger partial charge is 0.227 e. The van der Waals surface area contributed by atoms with Crippen LogP contribution in [0, 0.1) is 0 Å². The zero-order valence-electron chi connectivity index (χ0n) is 22.3. The molecule has 3 aromatic rings. The summed E-state index contributed by atoms with van der Waals surface area (Å²) in [4.78, 5) is 20.0. The summed E-state index contributed by atoms with van der Waals surface area (Å²) in [6, 6.07) is 14.2. The molecule has 0 spiro atoms. The van der Waals surface area contributed by atoms with Gasteiger partial charge in [-0.2, -0.15) is 0 Å². The molecule has 198 valence electrons. The van der Waals surface area contributed by atoms with Crippen molar-refractivity contribution in [2.24, 2.45) is 0 Å². The van der Waals surface area contributed by atoms with Crippen LogP contribution in [0.3, 0.4) is 0 Å². The summed E-state index contributed by atoms with van der Waals surface area (Å²) in [6.07, 6.45) is 13.7. The maximum absolute atomic E-state index is 13.1. The molecule has 1 aromatic heterocycles. The Balaban J connectivity index is 1.21. The lowest BCUT2D eigenvalue weighted by molar-refractivity contribution is -0.117. The van der Waals surface area contributed by atoms with Crippen molar-refractivity contribution < 1.29 is 14.3 Å². The van der Waals surface area contributed by atoms with Gasteiger partial charge in [-0.25, -0.2) is 4.98 Å². The van der Waals surface area contributed by atoms with Gasteiger partial charge in [-0.3, -0.25) is 4.79 Å². The van der Waals surface area contributed by atoms with Crippen molar-refractivity contribution in [3.63, 3.8) is 0 Å². The molecular formula is C31H41N3O3. The second-order valence-electron chi connectivity index (χ2n) is 10.5. The van der Waals surface area contributed by atoms with E-state index >= 15 is 0 Å². The number of aryl methyl sites for hydroxylation is 1. The number of unbranched alkanes of at least 4 members (excludes halogenated alkanes) is 9. The Bertz CT molecular complexity index is 1190. The van der Waals surface area contributed by atoms with E-state index in [1.807, 2.05) is 29.2 Å². The van der Waals surface area contributed by atoms with Gasteiger partial charge in [0.05, 0.1) is 11.0 Å². The molecule has 6 heteroatoms. The molecule has 1 atom stereocenters. The zero-order chi connectivity index (χ0) is 25.5. The van der Waals surface area contributed by atoms with Crippen LogP contribution in [-0.2, 0) is 11.3 Å². The molecule has 37 heavy (non-hydrogen) atoms. The average Bonchev–Trinajstić information content (AvgIpc) is 3.50. The molecular weight excluding hydrogens is 462 g/mol. The molecule has 0 radical (unpaired) electrons. The van der Waals surface area contributed by atoms with Crippen LogP contribution >= 0.6 is 0 Å². The Morgan fingerprint density at radius 1 is 0.865 bits per heavy atom. The van der Waals surface area contributed by atoms with E-state index in [1.54, 1.807) is 0 Å². The zero-order valence-corrected chi connectivity index (χ0v) is 22.3. The number of benzene rings is 2. The van der Waals surface area contributed by atoms with Crippen molar-refractivity contribution in [1.82, 2.24) is 9.55 Å². The Labute approximate surface area is 221 Å². The van der Waals surface area contributed by atoms with E-state index in [0.29, 0.717) is 31.9 Å². The molecule has 1 unspecified atom stereocenters. The lowest BCUT2D eigenvalue weighted by Crippen LogP contribution is -2.25. The summed E-state index contributed by atoms with van der Waals surface area (Å²) < 4.78 is 13.8. The first-order valence-electron chi connectivity index (χ1n) is 14.4. The van der Waals surface area contributed by atoms with Crippen molar-refractivity contribution >= 4 is 22.6 Å². The second-order valence-corrected chi connectivity index (χ2v) is 10.5. The van der Waals surface area contributed by atoms with Crippen molar-refractivity contribution in [3.05, 3.63) is 48.3 Å². The maximum atomic E-state index is 13.1. The lowest BCUT2D eigenvalue weighted by Gasteiger charge is -2.22. The molecule has 1 amide bonds. The maximum Gasteiger partial charge on any atom is 0.227 e. The largest absolute Gasteiger partial charge is 0.486 e. The van der Waals surface area contributed by atoms with Crippen LogP contribution in [-0.4, -0.2) is 35.2 Å². The number of hydrogen-bond acceptors (Lipinski definition) is 4. The fourth-order valence-corrected chi connectivity index (χ4v) is 5.73. The quantitative estimate of drug-likeness (QED) is 0.231. The third-order valence-corrected chi connectivity index (χ3v) is 7.75. The first-order chi connectivity index (χ1) is 18.2. The minimum atomic E-state index is 0.0798. The van der Waals surface area contributed by atoms with E-state index in [2.05, 4.69) is 29.7 Å². The molecule has 2 aliphatic heterocycles. The Morgan fingerprint density at radius 3 is 2.35 bits per heavy atom. The fraction of sp³-hybridized carbons (Fsp3) is 0.548. The van der Waals surface area contributed by atoms with Gasteiger partial charge in [0, 0.05) is 37.2 Å². The molecule has 2 aliphatic rings. The van der Waals surface area contributed by atoms with Gasteiger partial charge in [-0.05, 0) is 30.7 Å². The summed E-state index contributed by atoms with van der Waals surface area (Å²) in [6.45, 7) is 4.97. The van der Waals surface area contributed by atoms with E-state index in [0.717, 1.165) is 35.7 Å². The molecule has 0 bridgehead atoms. The van der Waals surface area contributed by atoms with Crippen molar-refractivity contribution in [2.75, 3.05) is 24.7 Å². The van der Waals surface area contributed by atoms with Crippen LogP contribution in [0.2, 0.25) is 0 Å². The van der Waals surface area contributed by atoms with Crippen LogP contribution in [0.15, 0.2) is 42.5 Å². The number of carbonyl (C=O) groups is 1. The lowest BCUT2D eigenvalue weighted by atomic mass is 10.1. The van der Waals surface area contributed by atoms with Crippen LogP contribution in [0.4, 0.5) is 5.69 Å². The Hall–Kier alpha value is -3.02. The molecule has 1 saturated heterocycles. The van der Waals surface area contributed by atoms with Gasteiger partial charge >= 0.3 is 0 Å². The van der Waals surface area contributed by atoms with Gasteiger partial charge in [0.1, 0.15) is 19.0 Å². The number of nitrogens with zero attached hydrogens (tertiary/aromatic N) is 3. The monoisotopic (exact) mass is 503 g/mol. The highest BCUT2D eigenvalue weighted by molar-refractivity contribution is 5.96. The third kappa shape index (κ3) is 6.11. The number of imidazole rings is 1. The molecule has 3 heterocycles. The minimum absolute atomic E-state index is 0.0798. The molecule has 0 saturated carbocycles. The van der Waals surface area contributed by atoms with Gasteiger partial charge in [-0.15, -0.1) is 0 Å². The second kappa shape index (κ2) is 12.5. The number of carbonyl (C=O) groups excluding carboxylic acids is 1. The Kier molecular flexibility index (Phi) is 8.64. The first-order valence-corrected chi connectivity index (χ1v) is 14.4. The van der Waals surface area contributed by atoms with Crippen molar-refractivity contribution in [2.45, 2.75) is 90.0 Å². The van der Waals surface area contributed by atoms with Gasteiger partial charge in [0.15, 0.2) is 11.5 Å². The molecule has 6 nitrogen and oxygen atoms in total. The first kappa shape index (κ1) is 25.6. The molecule has 0 aliphatic carbocycles. The highest BCUT2D eigenvalue weighted by atomic mass is 16.6. The SMILES string of the molecule is CCCCCCCCCCCCn1c(C2CC(=O)N(c3ccc4c(c3)OCCO4)C2)nc2ccccc21. The summed E-state index contributed by atoms with van der Waals surface area (Å²) in [5.74, 6) is 2.73. The number of hydrogen-bond donors (Lipinski definition) is 0. The number of para-hydroxylation sites is 2. The number of aromatic nitrogens is 2. The van der Waals surface area contributed by atoms with Crippen LogP contribution in [0.25, 0.3) is 11.0 Å². The number of anilines is 1. The standard InChI is InChI=1S/C31H41N3O3/c1-2-3-4-5-6-7-8-9-10-13-18-33-27-15-12-11-14-26(27)32-31(33)24-21-30(35)34(23-24)25-16-17-28-29(22-25)37-20-19-36-28/h11-12,14-17,22,24H,2-10,13,18-21,23H2,1H3. The van der Waals surface area contributed by atoms with E-state index < -0.39 is 0 Å². The third-order valence-electron chi connectivity index (χ3n) is 7.75. The van der Waals surface area contributed by atoms with Crippen LogP contribution in [0.5, 0.6) is 11.5 Å². The summed E-state index contributed by atoms with van der Waals surface area (Å²) in [5.41, 5.74) is 3.07. The average molecular weight is 504 g/mol. The number of amides is 1. The Morgan fingerprint density at radius 2 is 1.57 bits per heavy atom. The highest BCUT2D eigenvalue weighted by Crippen LogP contribution is 2.38. The molecule has 2 aromatic carbocycles. The van der Waals surface area contributed by atoms with Gasteiger partial charge < -0.3 is 18.9 Å². The highest BCUT2D eigenvalue weighted by Gasteiger charge is 2.35. The number of ether oxygens (including phenoxy) is 2. The van der Waals surface area contributed by atoms with Gasteiger partial charge in [0.2, 0.25) is 5.91 Å². The summed E-state index contributed by atoms with van der Waals surface area (Å²) >= 11 is 0. The minimum Gasteiger partial charge on any atom is -0.486 e. The topological polar surface area (TPSA) is 56.6 Å². The van der Waals surface area contributed by atoms with Crippen LogP contribution in [0.1, 0.15) is 89.3 Å². The number of rotatable bonds is 13. The molecule has 1 fully saturated rings. The summed E-state index contributed by atoms with van der Waals surface area (Å²) in [7, 11) is 0. The van der Waals surface area contributed by atoms with Crippen LogP contribution < -0.4 is 14.4 Å². The fourth-order valence-electron chi connectivity index (χ4n) is 5.73. The normalized spacial score (nSPS) is 17.2. The molecule has 5 rings (SSSR count). The van der Waals surface area contributed by atoms with Gasteiger partial charge in [0.25, 0.3) is 0 Å². The summed E-state index contributed by atoms with van der Waals surface area (Å²) in [5, 5.41) is 0.